The Morgan fingerprint density at radius 1 is 1.41 bits per heavy atom. The third-order valence-corrected chi connectivity index (χ3v) is 3.03. The van der Waals surface area contributed by atoms with E-state index in [2.05, 4.69) is 40.4 Å². The number of anilines is 1. The lowest BCUT2D eigenvalue weighted by atomic mass is 10.2. The van der Waals surface area contributed by atoms with Crippen LogP contribution in [0.1, 0.15) is 32.5 Å². The molecule has 2 rings (SSSR count). The zero-order chi connectivity index (χ0) is 12.3. The van der Waals surface area contributed by atoms with Crippen molar-refractivity contribution in [1.82, 2.24) is 18.9 Å². The topological polar surface area (TPSA) is 55.6 Å². The molecular weight excluding hydrogens is 234 g/mol. The monoisotopic (exact) mass is 251 g/mol. The summed E-state index contributed by atoms with van der Waals surface area (Å²) in [5, 5.41) is 4.24. The first-order valence-corrected chi connectivity index (χ1v) is 6.48. The maximum atomic E-state index is 4.45. The molecule has 0 fully saturated rings. The van der Waals surface area contributed by atoms with E-state index in [0.29, 0.717) is 12.0 Å². The Balaban J connectivity index is 1.91. The fourth-order valence-electron chi connectivity index (χ4n) is 1.50. The van der Waals surface area contributed by atoms with Crippen LogP contribution in [-0.2, 0) is 6.54 Å². The third-order valence-electron chi connectivity index (χ3n) is 2.37. The van der Waals surface area contributed by atoms with Crippen LogP contribution in [0.5, 0.6) is 0 Å². The molecule has 0 aliphatic rings. The normalized spacial score (nSPS) is 12.9. The summed E-state index contributed by atoms with van der Waals surface area (Å²) in [4.78, 5) is 8.47. The van der Waals surface area contributed by atoms with Crippen molar-refractivity contribution in [2.75, 3.05) is 5.32 Å². The molecule has 5 nitrogen and oxygen atoms in total. The van der Waals surface area contributed by atoms with Crippen molar-refractivity contribution >= 4 is 16.7 Å². The molecule has 1 unspecified atom stereocenters. The first-order valence-electron chi connectivity index (χ1n) is 5.71. The first-order chi connectivity index (χ1) is 8.15. The van der Waals surface area contributed by atoms with E-state index in [0.717, 1.165) is 17.5 Å². The molecule has 0 amide bonds. The molecule has 0 aliphatic heterocycles. The van der Waals surface area contributed by atoms with E-state index in [1.807, 2.05) is 17.1 Å². The Hall–Kier alpha value is -1.43. The minimum absolute atomic E-state index is 0.303. The Morgan fingerprint density at radius 2 is 2.24 bits per heavy atom. The number of hydrogen-bond acceptors (Lipinski definition) is 5. The number of imidazole rings is 1. The van der Waals surface area contributed by atoms with Gasteiger partial charge in [0.1, 0.15) is 5.82 Å². The van der Waals surface area contributed by atoms with Gasteiger partial charge in [-0.3, -0.25) is 0 Å². The fourth-order valence-corrected chi connectivity index (χ4v) is 2.32. The molecule has 0 radical (unpaired) electrons. The summed E-state index contributed by atoms with van der Waals surface area (Å²) in [6.07, 6.45) is 5.56. The highest BCUT2D eigenvalue weighted by Crippen LogP contribution is 2.18. The minimum atomic E-state index is 0.303. The summed E-state index contributed by atoms with van der Waals surface area (Å²) in [5.41, 5.74) is 0. The van der Waals surface area contributed by atoms with Crippen LogP contribution in [0.25, 0.3) is 0 Å². The van der Waals surface area contributed by atoms with Gasteiger partial charge in [0.2, 0.25) is 5.13 Å². The van der Waals surface area contributed by atoms with Gasteiger partial charge in [-0.05, 0) is 6.92 Å². The highest BCUT2D eigenvalue weighted by atomic mass is 32.1. The molecule has 92 valence electrons. The minimum Gasteiger partial charge on any atom is -0.356 e. The van der Waals surface area contributed by atoms with Gasteiger partial charge in [-0.2, -0.15) is 4.37 Å². The molecule has 0 bridgehead atoms. The summed E-state index contributed by atoms with van der Waals surface area (Å²) in [7, 11) is 0. The summed E-state index contributed by atoms with van der Waals surface area (Å²) in [6.45, 7) is 7.19. The first kappa shape index (κ1) is 12.0. The Kier molecular flexibility index (Phi) is 3.73. The molecular formula is C11H17N5S. The number of rotatable bonds is 5. The average Bonchev–Trinajstić information content (AvgIpc) is 2.88. The molecule has 6 heteroatoms. The Labute approximate surface area is 105 Å². The summed E-state index contributed by atoms with van der Waals surface area (Å²) < 4.78 is 6.36. The standard InChI is InChI=1S/C11H17N5S/c1-8(2)10-14-11(17-15-10)13-9(3)6-16-5-4-12-7-16/h4-5,7-9H,6H2,1-3H3,(H,13,14,15). The van der Waals surface area contributed by atoms with Crippen LogP contribution in [0.15, 0.2) is 18.7 Å². The molecule has 0 aromatic carbocycles. The summed E-state index contributed by atoms with van der Waals surface area (Å²) >= 11 is 1.42. The van der Waals surface area contributed by atoms with Crippen molar-refractivity contribution in [3.05, 3.63) is 24.5 Å². The smallest absolute Gasteiger partial charge is 0.202 e. The second-order valence-electron chi connectivity index (χ2n) is 4.42. The average molecular weight is 251 g/mol. The van der Waals surface area contributed by atoms with Crippen LogP contribution in [-0.4, -0.2) is 25.0 Å². The predicted molar refractivity (Wildman–Crippen MR) is 69.3 cm³/mol. The molecule has 17 heavy (non-hydrogen) atoms. The van der Waals surface area contributed by atoms with Gasteiger partial charge in [0.15, 0.2) is 0 Å². The zero-order valence-electron chi connectivity index (χ0n) is 10.3. The number of hydrogen-bond donors (Lipinski definition) is 1. The Bertz CT molecular complexity index is 448. The predicted octanol–water partition coefficient (Wildman–Crippen LogP) is 2.36. The lowest BCUT2D eigenvalue weighted by Crippen LogP contribution is -2.21. The maximum Gasteiger partial charge on any atom is 0.202 e. The maximum absolute atomic E-state index is 4.45. The van der Waals surface area contributed by atoms with Gasteiger partial charge in [0.25, 0.3) is 0 Å². The molecule has 1 N–H and O–H groups in total. The Morgan fingerprint density at radius 3 is 2.82 bits per heavy atom. The van der Waals surface area contributed by atoms with E-state index in [-0.39, 0.29) is 0 Å². The van der Waals surface area contributed by atoms with Crippen LogP contribution >= 0.6 is 11.5 Å². The van der Waals surface area contributed by atoms with Gasteiger partial charge < -0.3 is 9.88 Å². The molecule has 2 aromatic rings. The van der Waals surface area contributed by atoms with Crippen LogP contribution < -0.4 is 5.32 Å². The zero-order valence-corrected chi connectivity index (χ0v) is 11.1. The van der Waals surface area contributed by atoms with E-state index in [4.69, 9.17) is 0 Å². The van der Waals surface area contributed by atoms with E-state index < -0.39 is 0 Å². The van der Waals surface area contributed by atoms with Crippen molar-refractivity contribution in [3.63, 3.8) is 0 Å². The molecule has 2 aromatic heterocycles. The van der Waals surface area contributed by atoms with E-state index in [1.165, 1.54) is 11.5 Å². The molecule has 0 saturated carbocycles. The molecule has 0 saturated heterocycles. The number of aromatic nitrogens is 4. The van der Waals surface area contributed by atoms with Crippen molar-refractivity contribution < 1.29 is 0 Å². The molecule has 0 aliphatic carbocycles. The van der Waals surface area contributed by atoms with Gasteiger partial charge >= 0.3 is 0 Å². The van der Waals surface area contributed by atoms with Gasteiger partial charge in [0, 0.05) is 42.4 Å². The van der Waals surface area contributed by atoms with Crippen LogP contribution in [0.4, 0.5) is 5.13 Å². The van der Waals surface area contributed by atoms with Crippen LogP contribution in [0, 0.1) is 0 Å². The molecule has 1 atom stereocenters. The number of nitrogens with zero attached hydrogens (tertiary/aromatic N) is 4. The van der Waals surface area contributed by atoms with Crippen molar-refractivity contribution in [1.29, 1.82) is 0 Å². The van der Waals surface area contributed by atoms with Gasteiger partial charge in [-0.15, -0.1) is 0 Å². The second kappa shape index (κ2) is 5.27. The molecule has 0 spiro atoms. The highest BCUT2D eigenvalue weighted by molar-refractivity contribution is 7.09. The van der Waals surface area contributed by atoms with E-state index >= 15 is 0 Å². The molecule has 2 heterocycles. The van der Waals surface area contributed by atoms with Crippen molar-refractivity contribution in [2.45, 2.75) is 39.3 Å². The van der Waals surface area contributed by atoms with Crippen LogP contribution in [0.3, 0.4) is 0 Å². The lowest BCUT2D eigenvalue weighted by Gasteiger charge is -2.12. The van der Waals surface area contributed by atoms with Gasteiger partial charge in [-0.25, -0.2) is 9.97 Å². The summed E-state index contributed by atoms with van der Waals surface area (Å²) in [6, 6.07) is 0.303. The highest BCUT2D eigenvalue weighted by Gasteiger charge is 2.09. The fraction of sp³-hybridized carbons (Fsp3) is 0.545. The SMILES string of the molecule is CC(Cn1ccnc1)Nc1nc(C(C)C)ns1. The number of nitrogens with one attached hydrogen (secondary N) is 1. The third kappa shape index (κ3) is 3.26. The second-order valence-corrected chi connectivity index (χ2v) is 5.17. The lowest BCUT2D eigenvalue weighted by molar-refractivity contribution is 0.618. The quantitative estimate of drug-likeness (QED) is 0.886. The van der Waals surface area contributed by atoms with E-state index in [1.54, 1.807) is 6.20 Å². The summed E-state index contributed by atoms with van der Waals surface area (Å²) in [5.74, 6) is 1.29. The largest absolute Gasteiger partial charge is 0.356 e. The van der Waals surface area contributed by atoms with Crippen molar-refractivity contribution in [2.24, 2.45) is 0 Å². The van der Waals surface area contributed by atoms with E-state index in [9.17, 15) is 0 Å². The van der Waals surface area contributed by atoms with Crippen molar-refractivity contribution in [3.8, 4) is 0 Å². The van der Waals surface area contributed by atoms with Gasteiger partial charge in [0.05, 0.1) is 6.33 Å². The van der Waals surface area contributed by atoms with Gasteiger partial charge in [-0.1, -0.05) is 13.8 Å². The van der Waals surface area contributed by atoms with Crippen LogP contribution in [0.2, 0.25) is 0 Å².